The molecule has 2 N–H and O–H groups in total. The van der Waals surface area contributed by atoms with E-state index in [4.69, 9.17) is 4.42 Å². The maximum absolute atomic E-state index is 5.24. The van der Waals surface area contributed by atoms with Crippen molar-refractivity contribution in [1.29, 1.82) is 0 Å². The largest absolute Gasteiger partial charge is 0.468 e. The second-order valence-electron chi connectivity index (χ2n) is 3.86. The summed E-state index contributed by atoms with van der Waals surface area (Å²) in [5.74, 6) is 1.01. The van der Waals surface area contributed by atoms with Crippen LogP contribution in [-0.4, -0.2) is 19.1 Å². The molecule has 0 radical (unpaired) electrons. The molecule has 0 amide bonds. The van der Waals surface area contributed by atoms with Crippen molar-refractivity contribution in [3.63, 3.8) is 0 Å². The predicted molar refractivity (Wildman–Crippen MR) is 56.1 cm³/mol. The van der Waals surface area contributed by atoms with Crippen LogP contribution in [-0.2, 0) is 6.54 Å². The Morgan fingerprint density at radius 3 is 3.21 bits per heavy atom. The first-order valence-electron chi connectivity index (χ1n) is 5.41. The second-order valence-corrected chi connectivity index (χ2v) is 3.86. The van der Waals surface area contributed by atoms with Crippen molar-refractivity contribution in [2.45, 2.75) is 31.8 Å². The Labute approximate surface area is 84.9 Å². The average Bonchev–Trinajstić information content (AvgIpc) is 2.72. The summed E-state index contributed by atoms with van der Waals surface area (Å²) in [5.41, 5.74) is 0. The lowest BCUT2D eigenvalue weighted by molar-refractivity contribution is 0.375. The van der Waals surface area contributed by atoms with E-state index in [1.54, 1.807) is 6.26 Å². The molecule has 1 aromatic rings. The van der Waals surface area contributed by atoms with Crippen LogP contribution in [0.2, 0.25) is 0 Å². The summed E-state index contributed by atoms with van der Waals surface area (Å²) in [6.07, 6.45) is 5.70. The molecular formula is C11H18N2O. The van der Waals surface area contributed by atoms with Gasteiger partial charge in [-0.1, -0.05) is 6.42 Å². The van der Waals surface area contributed by atoms with E-state index in [0.717, 1.165) is 18.8 Å². The molecule has 1 atom stereocenters. The quantitative estimate of drug-likeness (QED) is 0.763. The maximum atomic E-state index is 5.24. The van der Waals surface area contributed by atoms with Gasteiger partial charge in [0, 0.05) is 12.6 Å². The zero-order chi connectivity index (χ0) is 9.64. The highest BCUT2D eigenvalue weighted by Gasteiger charge is 2.11. The van der Waals surface area contributed by atoms with Crippen LogP contribution in [0.1, 0.15) is 25.0 Å². The summed E-state index contributed by atoms with van der Waals surface area (Å²) in [6.45, 7) is 3.05. The predicted octanol–water partition coefficient (Wildman–Crippen LogP) is 1.51. The Balaban J connectivity index is 1.62. The number of piperidine rings is 1. The van der Waals surface area contributed by atoms with Crippen LogP contribution < -0.4 is 10.6 Å². The van der Waals surface area contributed by atoms with E-state index in [0.29, 0.717) is 6.04 Å². The number of hydrogen-bond donors (Lipinski definition) is 2. The first-order chi connectivity index (χ1) is 6.95. The molecule has 78 valence electrons. The standard InChI is InChI=1S/C11H18N2O/c1-2-6-13-10(4-1)8-12-9-11-5-3-7-14-11/h3,5,7,10,12-13H,1-2,4,6,8-9H2. The van der Waals surface area contributed by atoms with Gasteiger partial charge in [0.15, 0.2) is 0 Å². The monoisotopic (exact) mass is 194 g/mol. The highest BCUT2D eigenvalue weighted by molar-refractivity contribution is 4.97. The van der Waals surface area contributed by atoms with Crippen LogP contribution in [0.5, 0.6) is 0 Å². The average molecular weight is 194 g/mol. The molecule has 3 nitrogen and oxygen atoms in total. The van der Waals surface area contributed by atoms with Crippen LogP contribution >= 0.6 is 0 Å². The lowest BCUT2D eigenvalue weighted by atomic mass is 10.1. The van der Waals surface area contributed by atoms with E-state index in [2.05, 4.69) is 10.6 Å². The van der Waals surface area contributed by atoms with Crippen molar-refractivity contribution in [3.8, 4) is 0 Å². The van der Waals surface area contributed by atoms with Crippen molar-refractivity contribution in [2.24, 2.45) is 0 Å². The first kappa shape index (κ1) is 9.74. The number of hydrogen-bond acceptors (Lipinski definition) is 3. The van der Waals surface area contributed by atoms with Gasteiger partial charge in [0.25, 0.3) is 0 Å². The zero-order valence-corrected chi connectivity index (χ0v) is 8.46. The van der Waals surface area contributed by atoms with Gasteiger partial charge in [-0.15, -0.1) is 0 Å². The molecule has 0 aromatic carbocycles. The van der Waals surface area contributed by atoms with Gasteiger partial charge in [-0.25, -0.2) is 0 Å². The van der Waals surface area contributed by atoms with Crippen molar-refractivity contribution in [3.05, 3.63) is 24.2 Å². The van der Waals surface area contributed by atoms with Crippen LogP contribution in [0.25, 0.3) is 0 Å². The molecule has 2 heterocycles. The van der Waals surface area contributed by atoms with E-state index in [1.165, 1.54) is 25.8 Å². The minimum Gasteiger partial charge on any atom is -0.468 e. The Morgan fingerprint density at radius 1 is 1.50 bits per heavy atom. The van der Waals surface area contributed by atoms with Gasteiger partial charge in [-0.3, -0.25) is 0 Å². The second kappa shape index (κ2) is 5.17. The Morgan fingerprint density at radius 2 is 2.50 bits per heavy atom. The van der Waals surface area contributed by atoms with Crippen LogP contribution in [0.4, 0.5) is 0 Å². The van der Waals surface area contributed by atoms with E-state index in [1.807, 2.05) is 12.1 Å². The minimum absolute atomic E-state index is 0.652. The molecule has 3 heteroatoms. The van der Waals surface area contributed by atoms with Gasteiger partial charge in [-0.2, -0.15) is 0 Å². The van der Waals surface area contributed by atoms with Gasteiger partial charge in [0.05, 0.1) is 12.8 Å². The molecule has 1 unspecified atom stereocenters. The van der Waals surface area contributed by atoms with Gasteiger partial charge in [-0.05, 0) is 31.5 Å². The molecule has 1 saturated heterocycles. The van der Waals surface area contributed by atoms with Crippen LogP contribution in [0, 0.1) is 0 Å². The Kier molecular flexibility index (Phi) is 3.60. The fourth-order valence-electron chi connectivity index (χ4n) is 1.88. The molecule has 1 aliphatic heterocycles. The highest BCUT2D eigenvalue weighted by Crippen LogP contribution is 2.06. The number of furan rings is 1. The van der Waals surface area contributed by atoms with Gasteiger partial charge in [0.1, 0.15) is 5.76 Å². The fourth-order valence-corrected chi connectivity index (χ4v) is 1.88. The third kappa shape index (κ3) is 2.86. The summed E-state index contributed by atoms with van der Waals surface area (Å²) in [6, 6.07) is 4.58. The van der Waals surface area contributed by atoms with Crippen molar-refractivity contribution < 1.29 is 4.42 Å². The summed E-state index contributed by atoms with van der Waals surface area (Å²) in [4.78, 5) is 0. The SMILES string of the molecule is c1coc(CNCC2CCCCN2)c1. The van der Waals surface area contributed by atoms with Crippen molar-refractivity contribution >= 4 is 0 Å². The number of nitrogens with one attached hydrogen (secondary N) is 2. The van der Waals surface area contributed by atoms with Crippen molar-refractivity contribution in [2.75, 3.05) is 13.1 Å². The first-order valence-corrected chi connectivity index (χ1v) is 5.41. The van der Waals surface area contributed by atoms with Gasteiger partial charge < -0.3 is 15.1 Å². The molecule has 0 aliphatic carbocycles. The smallest absolute Gasteiger partial charge is 0.117 e. The molecule has 14 heavy (non-hydrogen) atoms. The summed E-state index contributed by atoms with van der Waals surface area (Å²) < 4.78 is 5.24. The lowest BCUT2D eigenvalue weighted by Gasteiger charge is -2.23. The summed E-state index contributed by atoms with van der Waals surface area (Å²) in [7, 11) is 0. The third-order valence-electron chi connectivity index (χ3n) is 2.68. The molecule has 0 bridgehead atoms. The Hall–Kier alpha value is -0.800. The zero-order valence-electron chi connectivity index (χ0n) is 8.46. The van der Waals surface area contributed by atoms with Crippen LogP contribution in [0.15, 0.2) is 22.8 Å². The maximum Gasteiger partial charge on any atom is 0.117 e. The summed E-state index contributed by atoms with van der Waals surface area (Å²) >= 11 is 0. The Bertz CT molecular complexity index is 240. The van der Waals surface area contributed by atoms with Gasteiger partial charge >= 0.3 is 0 Å². The third-order valence-corrected chi connectivity index (χ3v) is 2.68. The van der Waals surface area contributed by atoms with Crippen molar-refractivity contribution in [1.82, 2.24) is 10.6 Å². The minimum atomic E-state index is 0.652. The topological polar surface area (TPSA) is 37.2 Å². The highest BCUT2D eigenvalue weighted by atomic mass is 16.3. The molecule has 1 fully saturated rings. The summed E-state index contributed by atoms with van der Waals surface area (Å²) in [5, 5.41) is 6.91. The number of rotatable bonds is 4. The molecule has 1 aromatic heterocycles. The fraction of sp³-hybridized carbons (Fsp3) is 0.636. The van der Waals surface area contributed by atoms with E-state index >= 15 is 0 Å². The normalized spacial score (nSPS) is 22.4. The molecular weight excluding hydrogens is 176 g/mol. The van der Waals surface area contributed by atoms with E-state index in [-0.39, 0.29) is 0 Å². The van der Waals surface area contributed by atoms with Gasteiger partial charge in [0.2, 0.25) is 0 Å². The molecule has 2 rings (SSSR count). The lowest BCUT2D eigenvalue weighted by Crippen LogP contribution is -2.41. The molecule has 0 saturated carbocycles. The molecule has 0 spiro atoms. The molecule has 1 aliphatic rings. The van der Waals surface area contributed by atoms with Crippen LogP contribution in [0.3, 0.4) is 0 Å². The van der Waals surface area contributed by atoms with E-state index in [9.17, 15) is 0 Å². The van der Waals surface area contributed by atoms with E-state index < -0.39 is 0 Å².